The van der Waals surface area contributed by atoms with Crippen LogP contribution in [-0.4, -0.2) is 60.3 Å². The van der Waals surface area contributed by atoms with E-state index >= 15 is 0 Å². The summed E-state index contributed by atoms with van der Waals surface area (Å²) in [5.74, 6) is 0.764. The van der Waals surface area contributed by atoms with Crippen molar-refractivity contribution in [2.24, 2.45) is 4.99 Å². The van der Waals surface area contributed by atoms with Gasteiger partial charge in [0.2, 0.25) is 5.89 Å². The van der Waals surface area contributed by atoms with Gasteiger partial charge < -0.3 is 24.4 Å². The molecule has 1 unspecified atom stereocenters. The van der Waals surface area contributed by atoms with Crippen LogP contribution in [-0.2, 0) is 11.3 Å². The van der Waals surface area contributed by atoms with E-state index < -0.39 is 11.6 Å². The molecule has 0 radical (unpaired) electrons. The first-order chi connectivity index (χ1) is 14.5. The highest BCUT2D eigenvalue weighted by atomic mass is 19.1. The third-order valence-corrected chi connectivity index (χ3v) is 4.79. The Kier molecular flexibility index (Phi) is 7.56. The molecule has 1 N–H and O–H groups in total. The smallest absolute Gasteiger partial charge is 0.248 e. The van der Waals surface area contributed by atoms with Gasteiger partial charge in [0.1, 0.15) is 24.3 Å². The van der Waals surface area contributed by atoms with Gasteiger partial charge in [0.25, 0.3) is 0 Å². The molecular weight excluding hydrogens is 394 g/mol. The second kappa shape index (κ2) is 10.3. The maximum atomic E-state index is 14.1. The molecule has 1 saturated heterocycles. The number of aromatic nitrogens is 2. The lowest BCUT2D eigenvalue weighted by molar-refractivity contribution is 0.0683. The van der Waals surface area contributed by atoms with E-state index in [1.807, 2.05) is 25.7 Å². The Morgan fingerprint density at radius 2 is 2.03 bits per heavy atom. The number of hydrogen-bond acceptors (Lipinski definition) is 6. The molecule has 1 aromatic heterocycles. The second-order valence-electron chi connectivity index (χ2n) is 6.88. The molecule has 3 rings (SSSR count). The number of hydrogen-bond donors (Lipinski definition) is 1. The highest BCUT2D eigenvalue weighted by Gasteiger charge is 2.22. The van der Waals surface area contributed by atoms with Gasteiger partial charge in [-0.05, 0) is 32.9 Å². The van der Waals surface area contributed by atoms with Crippen molar-refractivity contribution in [3.8, 4) is 0 Å². The predicted octanol–water partition coefficient (Wildman–Crippen LogP) is 2.73. The lowest BCUT2D eigenvalue weighted by atomic mass is 10.2. The van der Waals surface area contributed by atoms with E-state index in [2.05, 4.69) is 25.3 Å². The third-order valence-electron chi connectivity index (χ3n) is 4.79. The number of nitrogens with one attached hydrogen (secondary N) is 1. The number of rotatable bonds is 7. The minimum atomic E-state index is -0.443. The van der Waals surface area contributed by atoms with Crippen molar-refractivity contribution in [1.29, 1.82) is 0 Å². The molecule has 164 valence electrons. The minimum absolute atomic E-state index is 0.235. The Balaban J connectivity index is 1.62. The fourth-order valence-electron chi connectivity index (χ4n) is 3.28. The normalized spacial score (nSPS) is 16.1. The average Bonchev–Trinajstić information content (AvgIpc) is 3.22. The summed E-state index contributed by atoms with van der Waals surface area (Å²) in [4.78, 5) is 12.9. The summed E-state index contributed by atoms with van der Waals surface area (Å²) < 4.78 is 38.3. The lowest BCUT2D eigenvalue weighted by Gasteiger charge is -2.37. The molecule has 2 aromatic rings. The monoisotopic (exact) mass is 422 g/mol. The topological polar surface area (TPSA) is 79.0 Å². The number of aliphatic imine (C=N–C) groups is 1. The molecule has 30 heavy (non-hydrogen) atoms. The summed E-state index contributed by atoms with van der Waals surface area (Å²) in [7, 11) is 0. The van der Waals surface area contributed by atoms with Gasteiger partial charge >= 0.3 is 0 Å². The van der Waals surface area contributed by atoms with Crippen LogP contribution < -0.4 is 10.2 Å². The molecule has 0 spiro atoms. The van der Waals surface area contributed by atoms with Gasteiger partial charge in [-0.15, -0.1) is 0 Å². The molecule has 1 aliphatic heterocycles. The quantitative estimate of drug-likeness (QED) is 0.543. The molecule has 1 atom stereocenters. The zero-order valence-corrected chi connectivity index (χ0v) is 17.6. The zero-order valence-electron chi connectivity index (χ0n) is 17.6. The fraction of sp³-hybridized carbons (Fsp3) is 0.550. The van der Waals surface area contributed by atoms with Crippen molar-refractivity contribution in [2.75, 3.05) is 44.2 Å². The Hall–Kier alpha value is -2.75. The third kappa shape index (κ3) is 5.44. The average molecular weight is 422 g/mol. The van der Waals surface area contributed by atoms with Gasteiger partial charge in [0.05, 0.1) is 5.69 Å². The van der Waals surface area contributed by atoms with E-state index in [4.69, 9.17) is 9.26 Å². The van der Waals surface area contributed by atoms with Gasteiger partial charge in [0.15, 0.2) is 11.8 Å². The van der Waals surface area contributed by atoms with Gasteiger partial charge in [-0.2, -0.15) is 4.98 Å². The van der Waals surface area contributed by atoms with Gasteiger partial charge in [-0.1, -0.05) is 5.16 Å². The molecule has 0 aliphatic carbocycles. The molecule has 2 heterocycles. The van der Waals surface area contributed by atoms with Crippen LogP contribution in [0.4, 0.5) is 14.5 Å². The summed E-state index contributed by atoms with van der Waals surface area (Å²) in [6.45, 7) is 9.64. The van der Waals surface area contributed by atoms with Crippen LogP contribution in [0, 0.1) is 11.6 Å². The summed E-state index contributed by atoms with van der Waals surface area (Å²) in [5, 5.41) is 7.20. The van der Waals surface area contributed by atoms with Gasteiger partial charge in [-0.3, -0.25) is 0 Å². The van der Waals surface area contributed by atoms with E-state index in [9.17, 15) is 8.78 Å². The van der Waals surface area contributed by atoms with Crippen molar-refractivity contribution in [1.82, 2.24) is 20.4 Å². The van der Waals surface area contributed by atoms with E-state index in [-0.39, 0.29) is 12.6 Å². The van der Waals surface area contributed by atoms with Crippen LogP contribution in [0.5, 0.6) is 0 Å². The Morgan fingerprint density at radius 1 is 1.27 bits per heavy atom. The molecule has 1 aliphatic rings. The Bertz CT molecular complexity index is 852. The Morgan fingerprint density at radius 3 is 2.73 bits per heavy atom. The van der Waals surface area contributed by atoms with Crippen LogP contribution in [0.2, 0.25) is 0 Å². The van der Waals surface area contributed by atoms with E-state index in [1.165, 1.54) is 6.07 Å². The van der Waals surface area contributed by atoms with Crippen molar-refractivity contribution in [3.63, 3.8) is 0 Å². The highest BCUT2D eigenvalue weighted by Crippen LogP contribution is 2.22. The van der Waals surface area contributed by atoms with Crippen molar-refractivity contribution < 1.29 is 18.0 Å². The SMILES string of the molecule is CCNC(=NCc1nc(C(C)OCC)no1)N1CCN(c2cc(F)ccc2F)CC1. The number of guanidine groups is 1. The van der Waals surface area contributed by atoms with E-state index in [0.29, 0.717) is 56.7 Å². The van der Waals surface area contributed by atoms with Gasteiger partial charge in [0, 0.05) is 45.4 Å². The van der Waals surface area contributed by atoms with Crippen LogP contribution in [0.15, 0.2) is 27.7 Å². The van der Waals surface area contributed by atoms with Gasteiger partial charge in [-0.25, -0.2) is 13.8 Å². The standard InChI is InChI=1S/C20H28F2N6O2/c1-4-23-20(24-13-18-25-19(26-30-18)14(3)29-5-2)28-10-8-27(9-11-28)17-12-15(21)6-7-16(17)22/h6-7,12,14H,4-5,8-11,13H2,1-3H3,(H,23,24). The van der Waals surface area contributed by atoms with Crippen LogP contribution in [0.25, 0.3) is 0 Å². The Labute approximate surface area is 174 Å². The maximum absolute atomic E-state index is 14.1. The van der Waals surface area contributed by atoms with E-state index in [0.717, 1.165) is 18.1 Å². The number of ether oxygens (including phenoxy) is 1. The molecule has 1 fully saturated rings. The first kappa shape index (κ1) is 21.9. The van der Waals surface area contributed by atoms with E-state index in [1.54, 1.807) is 0 Å². The fourth-order valence-corrected chi connectivity index (χ4v) is 3.28. The first-order valence-corrected chi connectivity index (χ1v) is 10.2. The van der Waals surface area contributed by atoms with Crippen LogP contribution in [0.3, 0.4) is 0 Å². The molecule has 8 nitrogen and oxygen atoms in total. The number of halogens is 2. The largest absolute Gasteiger partial charge is 0.371 e. The first-order valence-electron chi connectivity index (χ1n) is 10.2. The summed E-state index contributed by atoms with van der Waals surface area (Å²) in [6, 6.07) is 3.53. The summed E-state index contributed by atoms with van der Waals surface area (Å²) >= 11 is 0. The molecule has 0 saturated carbocycles. The highest BCUT2D eigenvalue weighted by molar-refractivity contribution is 5.80. The second-order valence-corrected chi connectivity index (χ2v) is 6.88. The maximum Gasteiger partial charge on any atom is 0.248 e. The van der Waals surface area contributed by atoms with Crippen LogP contribution in [0.1, 0.15) is 38.6 Å². The molecule has 0 amide bonds. The number of piperazine rings is 1. The number of anilines is 1. The lowest BCUT2D eigenvalue weighted by Crippen LogP contribution is -2.52. The predicted molar refractivity (Wildman–Crippen MR) is 109 cm³/mol. The van der Waals surface area contributed by atoms with Crippen molar-refractivity contribution in [2.45, 2.75) is 33.4 Å². The molecule has 1 aromatic carbocycles. The molecule has 0 bridgehead atoms. The number of nitrogens with zero attached hydrogens (tertiary/aromatic N) is 5. The summed E-state index contributed by atoms with van der Waals surface area (Å²) in [6.07, 6.45) is -0.235. The van der Waals surface area contributed by atoms with Crippen molar-refractivity contribution in [3.05, 3.63) is 41.5 Å². The molecular formula is C20H28F2N6O2. The molecule has 10 heteroatoms. The van der Waals surface area contributed by atoms with Crippen molar-refractivity contribution >= 4 is 11.6 Å². The minimum Gasteiger partial charge on any atom is -0.371 e. The number of benzene rings is 1. The van der Waals surface area contributed by atoms with Crippen LogP contribution >= 0.6 is 0 Å². The summed E-state index contributed by atoms with van der Waals surface area (Å²) in [5.41, 5.74) is 0.290. The zero-order chi connectivity index (χ0) is 21.5.